The molecule has 1 saturated carbocycles. The lowest BCUT2D eigenvalue weighted by Crippen LogP contribution is -2.27. The molecule has 94 valence electrons. The molecule has 0 amide bonds. The minimum Gasteiger partial charge on any atom is -0.208 e. The Labute approximate surface area is 111 Å². The Balaban J connectivity index is 2.17. The minimum atomic E-state index is -3.35. The van der Waals surface area contributed by atoms with Crippen molar-refractivity contribution in [3.8, 4) is 0 Å². The van der Waals surface area contributed by atoms with E-state index in [1.807, 2.05) is 6.92 Å². The number of rotatable bonds is 4. The highest BCUT2D eigenvalue weighted by Crippen LogP contribution is 2.34. The van der Waals surface area contributed by atoms with E-state index in [1.54, 1.807) is 18.2 Å². The summed E-state index contributed by atoms with van der Waals surface area (Å²) < 4.78 is 27.8. The first-order chi connectivity index (χ1) is 7.94. The lowest BCUT2D eigenvalue weighted by molar-refractivity contribution is 0.576. The van der Waals surface area contributed by atoms with Crippen LogP contribution in [0.3, 0.4) is 0 Å². The van der Waals surface area contributed by atoms with Crippen LogP contribution in [0.25, 0.3) is 0 Å². The summed E-state index contributed by atoms with van der Waals surface area (Å²) in [7, 11) is -3.35. The van der Waals surface area contributed by atoms with Gasteiger partial charge in [0.25, 0.3) is 0 Å². The molecule has 17 heavy (non-hydrogen) atoms. The number of benzene rings is 1. The summed E-state index contributed by atoms with van der Waals surface area (Å²) in [5.74, 6) is 0.515. The standard InChI is InChI=1S/C12H16BrNO2S/c1-3-9-7-12(9)14-17(15,16)10-4-5-11(13)8(2)6-10/h4-6,9,12,14H,3,7H2,1-2H3. The quantitative estimate of drug-likeness (QED) is 0.928. The predicted molar refractivity (Wildman–Crippen MR) is 71.4 cm³/mol. The Bertz CT molecular complexity index is 527. The first-order valence-corrected chi connectivity index (χ1v) is 8.00. The summed E-state index contributed by atoms with van der Waals surface area (Å²) in [4.78, 5) is 0.347. The van der Waals surface area contributed by atoms with Gasteiger partial charge in [-0.15, -0.1) is 0 Å². The number of aryl methyl sites for hydroxylation is 1. The van der Waals surface area contributed by atoms with E-state index >= 15 is 0 Å². The van der Waals surface area contributed by atoms with Gasteiger partial charge in [0.15, 0.2) is 0 Å². The van der Waals surface area contributed by atoms with Gasteiger partial charge in [0.1, 0.15) is 0 Å². The van der Waals surface area contributed by atoms with Gasteiger partial charge >= 0.3 is 0 Å². The first kappa shape index (κ1) is 13.1. The highest BCUT2D eigenvalue weighted by atomic mass is 79.9. The third-order valence-corrected chi connectivity index (χ3v) is 5.57. The van der Waals surface area contributed by atoms with Crippen molar-refractivity contribution in [2.75, 3.05) is 0 Å². The lowest BCUT2D eigenvalue weighted by atomic mass is 10.2. The monoisotopic (exact) mass is 317 g/mol. The zero-order chi connectivity index (χ0) is 12.6. The fourth-order valence-electron chi connectivity index (χ4n) is 1.89. The second-order valence-electron chi connectivity index (χ2n) is 4.54. The molecule has 2 atom stereocenters. The molecule has 1 aliphatic carbocycles. The van der Waals surface area contributed by atoms with Crippen molar-refractivity contribution in [1.82, 2.24) is 4.72 Å². The molecule has 1 aromatic carbocycles. The van der Waals surface area contributed by atoms with E-state index in [-0.39, 0.29) is 6.04 Å². The molecule has 0 aromatic heterocycles. The minimum absolute atomic E-state index is 0.133. The van der Waals surface area contributed by atoms with Gasteiger partial charge in [-0.25, -0.2) is 13.1 Å². The van der Waals surface area contributed by atoms with Gasteiger partial charge < -0.3 is 0 Å². The van der Waals surface area contributed by atoms with Crippen molar-refractivity contribution in [3.63, 3.8) is 0 Å². The van der Waals surface area contributed by atoms with Crippen molar-refractivity contribution in [3.05, 3.63) is 28.2 Å². The Kier molecular flexibility index (Phi) is 3.61. The fourth-order valence-corrected chi connectivity index (χ4v) is 3.54. The van der Waals surface area contributed by atoms with Gasteiger partial charge in [-0.05, 0) is 43.0 Å². The summed E-state index contributed by atoms with van der Waals surface area (Å²) in [5, 5.41) is 0. The summed E-state index contributed by atoms with van der Waals surface area (Å²) in [5.41, 5.74) is 0.927. The van der Waals surface area contributed by atoms with Crippen LogP contribution in [-0.4, -0.2) is 14.5 Å². The van der Waals surface area contributed by atoms with E-state index in [2.05, 4.69) is 27.6 Å². The highest BCUT2D eigenvalue weighted by Gasteiger charge is 2.38. The molecule has 0 heterocycles. The normalized spacial score (nSPS) is 23.7. The molecular weight excluding hydrogens is 302 g/mol. The summed E-state index contributed by atoms with van der Waals surface area (Å²) in [6.07, 6.45) is 2.00. The molecule has 0 spiro atoms. The molecule has 1 N–H and O–H groups in total. The molecule has 1 aromatic rings. The van der Waals surface area contributed by atoms with Crippen molar-refractivity contribution in [1.29, 1.82) is 0 Å². The van der Waals surface area contributed by atoms with Gasteiger partial charge in [0.2, 0.25) is 10.0 Å². The maximum Gasteiger partial charge on any atom is 0.240 e. The van der Waals surface area contributed by atoms with Crippen LogP contribution in [0, 0.1) is 12.8 Å². The molecular formula is C12H16BrNO2S. The van der Waals surface area contributed by atoms with Gasteiger partial charge in [-0.2, -0.15) is 0 Å². The maximum absolute atomic E-state index is 12.1. The van der Waals surface area contributed by atoms with Crippen molar-refractivity contribution >= 4 is 26.0 Å². The summed E-state index contributed by atoms with van der Waals surface area (Å²) >= 11 is 3.36. The Morgan fingerprint density at radius 1 is 1.47 bits per heavy atom. The second kappa shape index (κ2) is 4.71. The Morgan fingerprint density at radius 3 is 2.71 bits per heavy atom. The van der Waals surface area contributed by atoms with Gasteiger partial charge in [0.05, 0.1) is 4.90 Å². The fraction of sp³-hybridized carbons (Fsp3) is 0.500. The molecule has 0 radical (unpaired) electrons. The van der Waals surface area contributed by atoms with Crippen LogP contribution in [0.15, 0.2) is 27.6 Å². The van der Waals surface area contributed by atoms with E-state index in [9.17, 15) is 8.42 Å². The number of halogens is 1. The van der Waals surface area contributed by atoms with Gasteiger partial charge in [-0.3, -0.25) is 0 Å². The molecule has 1 fully saturated rings. The largest absolute Gasteiger partial charge is 0.240 e. The molecule has 0 aliphatic heterocycles. The average molecular weight is 318 g/mol. The van der Waals surface area contributed by atoms with Crippen LogP contribution in [-0.2, 0) is 10.0 Å². The van der Waals surface area contributed by atoms with Crippen LogP contribution in [0.5, 0.6) is 0 Å². The molecule has 1 aliphatic rings. The van der Waals surface area contributed by atoms with Crippen LogP contribution < -0.4 is 4.72 Å². The molecule has 5 heteroatoms. The lowest BCUT2D eigenvalue weighted by Gasteiger charge is -2.07. The molecule has 0 bridgehead atoms. The van der Waals surface area contributed by atoms with Crippen LogP contribution in [0.2, 0.25) is 0 Å². The summed E-state index contributed by atoms with van der Waals surface area (Å²) in [6.45, 7) is 3.97. The molecule has 3 nitrogen and oxygen atoms in total. The van der Waals surface area contributed by atoms with Crippen molar-refractivity contribution in [2.45, 2.75) is 37.6 Å². The topological polar surface area (TPSA) is 46.2 Å². The first-order valence-electron chi connectivity index (χ1n) is 5.72. The van der Waals surface area contributed by atoms with E-state index in [4.69, 9.17) is 0 Å². The number of sulfonamides is 1. The zero-order valence-corrected chi connectivity index (χ0v) is 12.3. The van der Waals surface area contributed by atoms with Crippen molar-refractivity contribution < 1.29 is 8.42 Å². The number of hydrogen-bond donors (Lipinski definition) is 1. The molecule has 0 saturated heterocycles. The third-order valence-electron chi connectivity index (χ3n) is 3.19. The molecule has 2 unspecified atom stereocenters. The van der Waals surface area contributed by atoms with Crippen LogP contribution in [0.4, 0.5) is 0 Å². The van der Waals surface area contributed by atoms with E-state index in [0.717, 1.165) is 22.9 Å². The Hall–Kier alpha value is -0.390. The van der Waals surface area contributed by atoms with E-state index < -0.39 is 10.0 Å². The van der Waals surface area contributed by atoms with Crippen molar-refractivity contribution in [2.24, 2.45) is 5.92 Å². The average Bonchev–Trinajstić information content (AvgIpc) is 2.99. The SMILES string of the molecule is CCC1CC1NS(=O)(=O)c1ccc(Br)c(C)c1. The van der Waals surface area contributed by atoms with E-state index in [1.165, 1.54) is 0 Å². The van der Waals surface area contributed by atoms with E-state index in [0.29, 0.717) is 10.8 Å². The zero-order valence-electron chi connectivity index (χ0n) is 9.90. The van der Waals surface area contributed by atoms with Crippen LogP contribution >= 0.6 is 15.9 Å². The number of nitrogens with one attached hydrogen (secondary N) is 1. The Morgan fingerprint density at radius 2 is 2.18 bits per heavy atom. The number of hydrogen-bond acceptors (Lipinski definition) is 2. The van der Waals surface area contributed by atoms with Gasteiger partial charge in [-0.1, -0.05) is 29.3 Å². The predicted octanol–water partition coefficient (Wildman–Crippen LogP) is 2.83. The second-order valence-corrected chi connectivity index (χ2v) is 7.11. The van der Waals surface area contributed by atoms with Gasteiger partial charge in [0, 0.05) is 10.5 Å². The van der Waals surface area contributed by atoms with Crippen LogP contribution in [0.1, 0.15) is 25.3 Å². The smallest absolute Gasteiger partial charge is 0.208 e. The summed E-state index contributed by atoms with van der Waals surface area (Å²) in [6, 6.07) is 5.22. The maximum atomic E-state index is 12.1. The highest BCUT2D eigenvalue weighted by molar-refractivity contribution is 9.10. The third kappa shape index (κ3) is 2.89. The molecule has 2 rings (SSSR count).